The first kappa shape index (κ1) is 26.5. The minimum absolute atomic E-state index is 0.0464. The number of carbonyl (C=O) groups is 1. The smallest absolute Gasteiger partial charge is 0.389 e. The predicted octanol–water partition coefficient (Wildman–Crippen LogP) is 7.00. The number of carbonyl (C=O) groups excluding carboxylic acids is 1. The summed E-state index contributed by atoms with van der Waals surface area (Å²) in [5.74, 6) is -0.853. The molecule has 1 atom stereocenters. The molecule has 4 nitrogen and oxygen atoms in total. The van der Waals surface area contributed by atoms with Gasteiger partial charge in [-0.3, -0.25) is 4.79 Å². The van der Waals surface area contributed by atoms with Crippen LogP contribution in [0.2, 0.25) is 0 Å². The standard InChI is InChI=1S/C24H31F3O4/c1-5-6-7-11-17(3)20-15-19(28)21(23(30)31-20)22(29)18(4)13-12-16(2)10-8-9-14-24(25,26)27/h5-6,12-13,15,17,28H,7-11,14H2,1-4H3/b6-5+,16-12+,18-13+. The van der Waals surface area contributed by atoms with Crippen LogP contribution >= 0.6 is 0 Å². The van der Waals surface area contributed by atoms with Gasteiger partial charge in [-0.2, -0.15) is 13.2 Å². The molecule has 0 aromatic carbocycles. The molecule has 0 bridgehead atoms. The Balaban J connectivity index is 2.85. The van der Waals surface area contributed by atoms with E-state index in [9.17, 15) is 27.9 Å². The number of hydrogen-bond acceptors (Lipinski definition) is 4. The Morgan fingerprint density at radius 1 is 1.23 bits per heavy atom. The fourth-order valence-corrected chi connectivity index (χ4v) is 2.96. The van der Waals surface area contributed by atoms with Crippen LogP contribution in [-0.2, 0) is 0 Å². The third kappa shape index (κ3) is 9.40. The average molecular weight is 441 g/mol. The van der Waals surface area contributed by atoms with Crippen LogP contribution in [0.15, 0.2) is 50.7 Å². The van der Waals surface area contributed by atoms with Crippen molar-refractivity contribution >= 4 is 5.78 Å². The number of hydrogen-bond donors (Lipinski definition) is 1. The molecule has 7 heteroatoms. The first-order valence-corrected chi connectivity index (χ1v) is 10.4. The van der Waals surface area contributed by atoms with E-state index in [1.807, 2.05) is 26.0 Å². The Labute approximate surface area is 181 Å². The maximum absolute atomic E-state index is 12.6. The van der Waals surface area contributed by atoms with Crippen molar-refractivity contribution in [1.82, 2.24) is 0 Å². The summed E-state index contributed by atoms with van der Waals surface area (Å²) in [5, 5.41) is 10.3. The molecule has 0 spiro atoms. The number of rotatable bonds is 11. The summed E-state index contributed by atoms with van der Waals surface area (Å²) in [4.78, 5) is 24.9. The van der Waals surface area contributed by atoms with Crippen molar-refractivity contribution in [2.75, 3.05) is 0 Å². The number of alkyl halides is 3. The van der Waals surface area contributed by atoms with Gasteiger partial charge in [-0.15, -0.1) is 0 Å². The lowest BCUT2D eigenvalue weighted by Crippen LogP contribution is -2.16. The van der Waals surface area contributed by atoms with Crippen LogP contribution in [0.5, 0.6) is 5.75 Å². The molecule has 0 amide bonds. The fourth-order valence-electron chi connectivity index (χ4n) is 2.96. The summed E-state index contributed by atoms with van der Waals surface area (Å²) in [6, 6.07) is 1.31. The lowest BCUT2D eigenvalue weighted by molar-refractivity contribution is -0.135. The Morgan fingerprint density at radius 2 is 1.90 bits per heavy atom. The van der Waals surface area contributed by atoms with Gasteiger partial charge in [0.1, 0.15) is 17.1 Å². The number of Topliss-reactive ketones (excluding diaryl/α,β-unsaturated/α-hetero) is 1. The minimum atomic E-state index is -4.15. The third-order valence-electron chi connectivity index (χ3n) is 4.92. The van der Waals surface area contributed by atoms with Crippen LogP contribution < -0.4 is 5.63 Å². The Bertz CT molecular complexity index is 889. The van der Waals surface area contributed by atoms with Crippen molar-refractivity contribution in [3.8, 4) is 5.75 Å². The summed E-state index contributed by atoms with van der Waals surface area (Å²) < 4.78 is 41.8. The van der Waals surface area contributed by atoms with Crippen molar-refractivity contribution < 1.29 is 27.5 Å². The summed E-state index contributed by atoms with van der Waals surface area (Å²) in [7, 11) is 0. The molecule has 31 heavy (non-hydrogen) atoms. The summed E-state index contributed by atoms with van der Waals surface area (Å²) in [6.07, 6.45) is 4.52. The molecule has 0 radical (unpaired) electrons. The van der Waals surface area contributed by atoms with E-state index < -0.39 is 35.3 Å². The summed E-state index contributed by atoms with van der Waals surface area (Å²) in [6.45, 7) is 7.05. The normalized spacial score (nSPS) is 14.3. The van der Waals surface area contributed by atoms with E-state index in [1.165, 1.54) is 19.1 Å². The molecule has 1 N–H and O–H groups in total. The highest BCUT2D eigenvalue weighted by Gasteiger charge is 2.25. The minimum Gasteiger partial charge on any atom is -0.507 e. The molecule has 172 valence electrons. The van der Waals surface area contributed by atoms with Gasteiger partial charge >= 0.3 is 11.8 Å². The van der Waals surface area contributed by atoms with E-state index in [0.717, 1.165) is 18.4 Å². The number of unbranched alkanes of at least 4 members (excludes halogenated alkanes) is 1. The number of ketones is 1. The lowest BCUT2D eigenvalue weighted by atomic mass is 9.99. The molecule has 0 aliphatic carbocycles. The monoisotopic (exact) mass is 440 g/mol. The third-order valence-corrected chi connectivity index (χ3v) is 4.92. The molecule has 1 rings (SSSR count). The van der Waals surface area contributed by atoms with Crippen LogP contribution in [-0.4, -0.2) is 17.1 Å². The number of aromatic hydroxyl groups is 1. The molecule has 0 aliphatic heterocycles. The zero-order valence-corrected chi connectivity index (χ0v) is 18.5. The number of allylic oxidation sites excluding steroid dienone is 6. The van der Waals surface area contributed by atoms with Gasteiger partial charge < -0.3 is 9.52 Å². The Kier molecular flexibility index (Phi) is 10.5. The molecule has 1 aromatic heterocycles. The van der Waals surface area contributed by atoms with Gasteiger partial charge in [-0.05, 0) is 58.4 Å². The zero-order valence-electron chi connectivity index (χ0n) is 18.5. The van der Waals surface area contributed by atoms with Gasteiger partial charge in [-0.25, -0.2) is 4.79 Å². The van der Waals surface area contributed by atoms with E-state index in [-0.39, 0.29) is 17.9 Å². The quantitative estimate of drug-likeness (QED) is 0.132. The zero-order chi connectivity index (χ0) is 23.6. The lowest BCUT2D eigenvalue weighted by Gasteiger charge is -2.11. The van der Waals surface area contributed by atoms with Crippen LogP contribution in [0, 0.1) is 0 Å². The second-order valence-electron chi connectivity index (χ2n) is 7.76. The molecule has 1 aromatic rings. The first-order chi connectivity index (χ1) is 14.5. The van der Waals surface area contributed by atoms with Crippen molar-refractivity contribution in [1.29, 1.82) is 0 Å². The molecule has 1 heterocycles. The largest absolute Gasteiger partial charge is 0.507 e. The van der Waals surface area contributed by atoms with Gasteiger partial charge in [0.25, 0.3) is 0 Å². The summed E-state index contributed by atoms with van der Waals surface area (Å²) in [5.41, 5.74) is -0.283. The van der Waals surface area contributed by atoms with Crippen molar-refractivity contribution in [3.05, 3.63) is 63.3 Å². The van der Waals surface area contributed by atoms with E-state index in [2.05, 4.69) is 0 Å². The van der Waals surface area contributed by atoms with Crippen molar-refractivity contribution in [2.45, 2.75) is 78.3 Å². The van der Waals surface area contributed by atoms with Gasteiger partial charge in [0.15, 0.2) is 5.78 Å². The highest BCUT2D eigenvalue weighted by atomic mass is 19.4. The molecular formula is C24H31F3O4. The maximum Gasteiger partial charge on any atom is 0.389 e. The number of halogens is 3. The van der Waals surface area contributed by atoms with Crippen LogP contribution in [0.4, 0.5) is 13.2 Å². The fraction of sp³-hybridized carbons (Fsp3) is 0.500. The van der Waals surface area contributed by atoms with Gasteiger partial charge in [0.05, 0.1) is 0 Å². The second kappa shape index (κ2) is 12.3. The molecule has 0 saturated carbocycles. The van der Waals surface area contributed by atoms with Crippen LogP contribution in [0.1, 0.15) is 88.3 Å². The molecule has 1 unspecified atom stereocenters. The van der Waals surface area contributed by atoms with Gasteiger partial charge in [0.2, 0.25) is 0 Å². The summed E-state index contributed by atoms with van der Waals surface area (Å²) >= 11 is 0. The van der Waals surface area contributed by atoms with E-state index in [4.69, 9.17) is 4.42 Å². The van der Waals surface area contributed by atoms with Gasteiger partial charge in [-0.1, -0.05) is 36.8 Å². The second-order valence-corrected chi connectivity index (χ2v) is 7.76. The van der Waals surface area contributed by atoms with Crippen molar-refractivity contribution in [3.63, 3.8) is 0 Å². The first-order valence-electron chi connectivity index (χ1n) is 10.4. The van der Waals surface area contributed by atoms with Gasteiger partial charge in [0, 0.05) is 18.4 Å². The van der Waals surface area contributed by atoms with Crippen molar-refractivity contribution in [2.24, 2.45) is 0 Å². The maximum atomic E-state index is 12.6. The van der Waals surface area contributed by atoms with Crippen LogP contribution in [0.3, 0.4) is 0 Å². The Hall–Kier alpha value is -2.57. The van der Waals surface area contributed by atoms with E-state index in [0.29, 0.717) is 18.6 Å². The van der Waals surface area contributed by atoms with E-state index in [1.54, 1.807) is 13.0 Å². The highest BCUT2D eigenvalue weighted by Crippen LogP contribution is 2.26. The highest BCUT2D eigenvalue weighted by molar-refractivity contribution is 6.09. The average Bonchev–Trinajstić information content (AvgIpc) is 2.68. The SMILES string of the molecule is C/C=C/CCC(C)c1cc(O)c(C(=O)/C(C)=C/C=C(\C)CCCCC(F)(F)F)c(=O)o1. The molecule has 0 fully saturated rings. The Morgan fingerprint density at radius 3 is 2.48 bits per heavy atom. The van der Waals surface area contributed by atoms with E-state index >= 15 is 0 Å². The topological polar surface area (TPSA) is 67.5 Å². The molecular weight excluding hydrogens is 409 g/mol. The van der Waals surface area contributed by atoms with Crippen LogP contribution in [0.25, 0.3) is 0 Å². The predicted molar refractivity (Wildman–Crippen MR) is 115 cm³/mol. The molecule has 0 saturated heterocycles. The molecule has 0 aliphatic rings.